The molecule has 0 aliphatic heterocycles. The van der Waals surface area contributed by atoms with Crippen molar-refractivity contribution in [1.29, 1.82) is 0 Å². The highest BCUT2D eigenvalue weighted by Crippen LogP contribution is 2.22. The Kier molecular flexibility index (Phi) is 7.50. The first-order chi connectivity index (χ1) is 9.92. The zero-order valence-corrected chi connectivity index (χ0v) is 13.6. The average Bonchev–Trinajstić information content (AvgIpc) is 2.40. The van der Waals surface area contributed by atoms with Crippen molar-refractivity contribution >= 4 is 35.1 Å². The van der Waals surface area contributed by atoms with Crippen LogP contribution in [0.2, 0.25) is 10.0 Å². The van der Waals surface area contributed by atoms with Crippen LogP contribution in [0.4, 0.5) is 4.79 Å². The number of halogens is 2. The summed E-state index contributed by atoms with van der Waals surface area (Å²) in [5, 5.41) is 5.82. The molecule has 7 heteroatoms. The van der Waals surface area contributed by atoms with Crippen molar-refractivity contribution in [1.82, 2.24) is 15.5 Å². The summed E-state index contributed by atoms with van der Waals surface area (Å²) in [5.74, 6) is -0.355. The molecule has 0 heterocycles. The third-order valence-electron chi connectivity index (χ3n) is 2.64. The maximum Gasteiger partial charge on any atom is 0.321 e. The summed E-state index contributed by atoms with van der Waals surface area (Å²) in [5.41, 5.74) is 0.940. The van der Waals surface area contributed by atoms with Gasteiger partial charge in [-0.1, -0.05) is 36.2 Å². The number of carbonyl (C=O) groups is 2. The first kappa shape index (κ1) is 17.8. The molecule has 0 bridgehead atoms. The Morgan fingerprint density at radius 3 is 2.57 bits per heavy atom. The topological polar surface area (TPSA) is 61.4 Å². The number of amides is 3. The second kappa shape index (κ2) is 8.87. The SMILES string of the molecule is CCCNC(=O)NC(=O)CN(C)Cc1ccc(Cl)c(Cl)c1. The molecule has 3 amide bonds. The third kappa shape index (κ3) is 6.80. The summed E-state index contributed by atoms with van der Waals surface area (Å²) in [4.78, 5) is 24.8. The molecule has 0 aliphatic rings. The highest BCUT2D eigenvalue weighted by atomic mass is 35.5. The fraction of sp³-hybridized carbons (Fsp3) is 0.429. The molecule has 2 N–H and O–H groups in total. The lowest BCUT2D eigenvalue weighted by Gasteiger charge is -2.16. The smallest absolute Gasteiger partial charge is 0.321 e. The number of imide groups is 1. The molecule has 1 aromatic carbocycles. The monoisotopic (exact) mass is 331 g/mol. The molecule has 0 fully saturated rings. The fourth-order valence-electron chi connectivity index (χ4n) is 1.70. The normalized spacial score (nSPS) is 10.5. The molecule has 1 aromatic rings. The summed E-state index contributed by atoms with van der Waals surface area (Å²) in [7, 11) is 1.78. The summed E-state index contributed by atoms with van der Waals surface area (Å²) in [6, 6.07) is 4.85. The summed E-state index contributed by atoms with van der Waals surface area (Å²) >= 11 is 11.8. The van der Waals surface area contributed by atoms with E-state index in [-0.39, 0.29) is 12.5 Å². The van der Waals surface area contributed by atoms with Crippen molar-refractivity contribution in [2.45, 2.75) is 19.9 Å². The summed E-state index contributed by atoms with van der Waals surface area (Å²) in [6.07, 6.45) is 0.818. The van der Waals surface area contributed by atoms with Gasteiger partial charge in [-0.15, -0.1) is 0 Å². The minimum atomic E-state index is -0.468. The summed E-state index contributed by atoms with van der Waals surface area (Å²) < 4.78 is 0. The second-order valence-corrected chi connectivity index (χ2v) is 5.54. The lowest BCUT2D eigenvalue weighted by Crippen LogP contribution is -2.43. The molecular weight excluding hydrogens is 313 g/mol. The van der Waals surface area contributed by atoms with E-state index in [1.165, 1.54) is 0 Å². The lowest BCUT2D eigenvalue weighted by molar-refractivity contribution is -0.120. The predicted octanol–water partition coefficient (Wildman–Crippen LogP) is 2.66. The van der Waals surface area contributed by atoms with Gasteiger partial charge in [0.2, 0.25) is 5.91 Å². The quantitative estimate of drug-likeness (QED) is 0.842. The molecule has 0 atom stereocenters. The van der Waals surface area contributed by atoms with Crippen LogP contribution in [-0.2, 0) is 11.3 Å². The number of nitrogens with one attached hydrogen (secondary N) is 2. The molecule has 21 heavy (non-hydrogen) atoms. The maximum atomic E-state index is 11.7. The molecule has 1 rings (SSSR count). The minimum Gasteiger partial charge on any atom is -0.338 e. The van der Waals surface area contributed by atoms with Crippen LogP contribution < -0.4 is 10.6 Å². The van der Waals surface area contributed by atoms with Crippen LogP contribution in [0.5, 0.6) is 0 Å². The van der Waals surface area contributed by atoms with E-state index in [0.29, 0.717) is 23.1 Å². The first-order valence-electron chi connectivity index (χ1n) is 6.62. The van der Waals surface area contributed by atoms with Crippen molar-refractivity contribution in [3.05, 3.63) is 33.8 Å². The zero-order chi connectivity index (χ0) is 15.8. The second-order valence-electron chi connectivity index (χ2n) is 4.72. The number of benzene rings is 1. The number of carbonyl (C=O) groups excluding carboxylic acids is 2. The molecule has 0 saturated heterocycles. The van der Waals surface area contributed by atoms with Gasteiger partial charge in [0.05, 0.1) is 16.6 Å². The zero-order valence-electron chi connectivity index (χ0n) is 12.1. The van der Waals surface area contributed by atoms with E-state index in [9.17, 15) is 9.59 Å². The Balaban J connectivity index is 2.42. The van der Waals surface area contributed by atoms with Crippen LogP contribution in [-0.4, -0.2) is 37.0 Å². The van der Waals surface area contributed by atoms with Crippen molar-refractivity contribution in [2.24, 2.45) is 0 Å². The van der Waals surface area contributed by atoms with Gasteiger partial charge in [-0.25, -0.2) is 4.79 Å². The van der Waals surface area contributed by atoms with Gasteiger partial charge in [-0.3, -0.25) is 15.0 Å². The van der Waals surface area contributed by atoms with E-state index in [1.807, 2.05) is 13.0 Å². The van der Waals surface area contributed by atoms with Crippen LogP contribution in [0.25, 0.3) is 0 Å². The van der Waals surface area contributed by atoms with Crippen molar-refractivity contribution in [3.8, 4) is 0 Å². The Bertz CT molecular complexity index is 509. The number of nitrogens with zero attached hydrogens (tertiary/aromatic N) is 1. The van der Waals surface area contributed by atoms with Crippen molar-refractivity contribution in [2.75, 3.05) is 20.1 Å². The number of urea groups is 1. The molecule has 0 saturated carbocycles. The molecule has 0 spiro atoms. The highest BCUT2D eigenvalue weighted by molar-refractivity contribution is 6.42. The Morgan fingerprint density at radius 1 is 1.24 bits per heavy atom. The van der Waals surface area contributed by atoms with E-state index in [0.717, 1.165) is 12.0 Å². The van der Waals surface area contributed by atoms with Gasteiger partial charge in [0.15, 0.2) is 0 Å². The molecular formula is C14H19Cl2N3O2. The van der Waals surface area contributed by atoms with Crippen molar-refractivity contribution in [3.63, 3.8) is 0 Å². The van der Waals surface area contributed by atoms with Gasteiger partial charge in [-0.05, 0) is 31.2 Å². The Hall–Kier alpha value is -1.30. The highest BCUT2D eigenvalue weighted by Gasteiger charge is 2.10. The Labute approximate surface area is 134 Å². The fourth-order valence-corrected chi connectivity index (χ4v) is 2.02. The van der Waals surface area contributed by atoms with Crippen LogP contribution in [0.1, 0.15) is 18.9 Å². The first-order valence-corrected chi connectivity index (χ1v) is 7.38. The van der Waals surface area contributed by atoms with Gasteiger partial charge in [0.1, 0.15) is 0 Å². The molecule has 0 unspecified atom stereocenters. The van der Waals surface area contributed by atoms with Crippen LogP contribution in [0.15, 0.2) is 18.2 Å². The van der Waals surface area contributed by atoms with E-state index < -0.39 is 6.03 Å². The maximum absolute atomic E-state index is 11.7. The van der Waals surface area contributed by atoms with Gasteiger partial charge in [0.25, 0.3) is 0 Å². The Morgan fingerprint density at radius 2 is 1.95 bits per heavy atom. The van der Waals surface area contributed by atoms with E-state index in [4.69, 9.17) is 23.2 Å². The van der Waals surface area contributed by atoms with Crippen LogP contribution >= 0.6 is 23.2 Å². The van der Waals surface area contributed by atoms with E-state index >= 15 is 0 Å². The third-order valence-corrected chi connectivity index (χ3v) is 3.38. The molecule has 0 radical (unpaired) electrons. The van der Waals surface area contributed by atoms with E-state index in [1.54, 1.807) is 24.1 Å². The van der Waals surface area contributed by atoms with Crippen molar-refractivity contribution < 1.29 is 9.59 Å². The summed E-state index contributed by atoms with van der Waals surface area (Å²) in [6.45, 7) is 3.12. The van der Waals surface area contributed by atoms with Gasteiger partial charge >= 0.3 is 6.03 Å². The minimum absolute atomic E-state index is 0.111. The number of likely N-dealkylation sites (N-methyl/N-ethyl adjacent to an activating group) is 1. The van der Waals surface area contributed by atoms with Crippen LogP contribution in [0.3, 0.4) is 0 Å². The van der Waals surface area contributed by atoms with E-state index in [2.05, 4.69) is 10.6 Å². The van der Waals surface area contributed by atoms with Crippen LogP contribution in [0, 0.1) is 0 Å². The lowest BCUT2D eigenvalue weighted by atomic mass is 10.2. The number of rotatable bonds is 6. The average molecular weight is 332 g/mol. The largest absolute Gasteiger partial charge is 0.338 e. The molecule has 5 nitrogen and oxygen atoms in total. The van der Waals surface area contributed by atoms with Gasteiger partial charge in [-0.2, -0.15) is 0 Å². The number of hydrogen-bond acceptors (Lipinski definition) is 3. The van der Waals surface area contributed by atoms with Gasteiger partial charge < -0.3 is 5.32 Å². The standard InChI is InChI=1S/C14H19Cl2N3O2/c1-3-6-17-14(21)18-13(20)9-19(2)8-10-4-5-11(15)12(16)7-10/h4-5,7H,3,6,8-9H2,1-2H3,(H2,17,18,20,21). The molecule has 0 aromatic heterocycles. The predicted molar refractivity (Wildman–Crippen MR) is 84.6 cm³/mol. The molecule has 0 aliphatic carbocycles. The molecule has 116 valence electrons. The van der Waals surface area contributed by atoms with Gasteiger partial charge in [0, 0.05) is 13.1 Å². The number of hydrogen-bond donors (Lipinski definition) is 2.